The predicted molar refractivity (Wildman–Crippen MR) is 130 cm³/mol. The second kappa shape index (κ2) is 8.19. The molecule has 33 heavy (non-hydrogen) atoms. The van der Waals surface area contributed by atoms with Crippen molar-refractivity contribution in [3.05, 3.63) is 58.1 Å². The minimum Gasteiger partial charge on any atom is -0.443 e. The molecule has 5 rings (SSSR count). The number of nitrogens with zero attached hydrogens (tertiary/aromatic N) is 2. The van der Waals surface area contributed by atoms with Gasteiger partial charge in [0.1, 0.15) is 5.60 Å². The number of benzene rings is 2. The Morgan fingerprint density at radius 1 is 1.12 bits per heavy atom. The Morgan fingerprint density at radius 2 is 1.88 bits per heavy atom. The number of ether oxygens (including phenoxy) is 1. The van der Waals surface area contributed by atoms with Gasteiger partial charge in [0, 0.05) is 34.6 Å². The van der Waals surface area contributed by atoms with Crippen LogP contribution in [0.25, 0.3) is 22.2 Å². The van der Waals surface area contributed by atoms with E-state index in [1.165, 1.54) is 18.4 Å². The summed E-state index contributed by atoms with van der Waals surface area (Å²) in [5.74, 6) is -0.182. The molecule has 1 saturated heterocycles. The Morgan fingerprint density at radius 3 is 2.61 bits per heavy atom. The fraction of sp³-hybridized carbons (Fsp3) is 0.385. The highest BCUT2D eigenvalue weighted by molar-refractivity contribution is 6.32. The summed E-state index contributed by atoms with van der Waals surface area (Å²) in [4.78, 5) is 28.5. The van der Waals surface area contributed by atoms with E-state index in [-0.39, 0.29) is 5.91 Å². The molecule has 2 aliphatic heterocycles. The van der Waals surface area contributed by atoms with E-state index in [0.29, 0.717) is 28.4 Å². The van der Waals surface area contributed by atoms with E-state index in [9.17, 15) is 9.59 Å². The number of amides is 1. The summed E-state index contributed by atoms with van der Waals surface area (Å²) in [7, 11) is 0. The van der Waals surface area contributed by atoms with Gasteiger partial charge in [-0.05, 0) is 76.5 Å². The van der Waals surface area contributed by atoms with Crippen molar-refractivity contribution in [1.29, 1.82) is 0 Å². The zero-order chi connectivity index (χ0) is 23.3. The van der Waals surface area contributed by atoms with Gasteiger partial charge in [0.15, 0.2) is 0 Å². The number of carbonyl (C=O) groups is 2. The van der Waals surface area contributed by atoms with Crippen molar-refractivity contribution < 1.29 is 14.3 Å². The summed E-state index contributed by atoms with van der Waals surface area (Å²) in [5.41, 5.74) is 3.89. The van der Waals surface area contributed by atoms with Crippen LogP contribution in [0.1, 0.15) is 55.1 Å². The first-order chi connectivity index (χ1) is 15.7. The average Bonchev–Trinajstić information content (AvgIpc) is 3.46. The third-order valence-electron chi connectivity index (χ3n) is 6.23. The lowest BCUT2D eigenvalue weighted by Gasteiger charge is -2.21. The molecule has 0 bridgehead atoms. The maximum atomic E-state index is 13.3. The van der Waals surface area contributed by atoms with E-state index < -0.39 is 11.7 Å². The second-order valence-corrected chi connectivity index (χ2v) is 10.3. The van der Waals surface area contributed by atoms with Crippen molar-refractivity contribution in [3.63, 3.8) is 0 Å². The fourth-order valence-electron chi connectivity index (χ4n) is 4.79. The SMILES string of the molecule is CC(C)(C)OC(=O)n1c(-c2ccc(Cl)c3c2C(=O)NC3)cc2cc(CN3CCCC3)ccc21. The summed E-state index contributed by atoms with van der Waals surface area (Å²) in [5, 5.41) is 4.33. The Bertz CT molecular complexity index is 1270. The van der Waals surface area contributed by atoms with Gasteiger partial charge in [-0.3, -0.25) is 9.69 Å². The molecule has 3 aromatic rings. The van der Waals surface area contributed by atoms with E-state index in [0.717, 1.165) is 36.1 Å². The Balaban J connectivity index is 1.67. The van der Waals surface area contributed by atoms with Crippen LogP contribution in [-0.4, -0.2) is 40.2 Å². The third-order valence-corrected chi connectivity index (χ3v) is 6.59. The molecule has 0 radical (unpaired) electrons. The Kier molecular flexibility index (Phi) is 5.46. The van der Waals surface area contributed by atoms with Crippen molar-refractivity contribution in [2.45, 2.75) is 52.3 Å². The normalized spacial score (nSPS) is 16.3. The molecule has 0 spiro atoms. The number of hydrogen-bond acceptors (Lipinski definition) is 4. The molecule has 1 aromatic heterocycles. The largest absolute Gasteiger partial charge is 0.443 e. The number of likely N-dealkylation sites (tertiary alicyclic amines) is 1. The van der Waals surface area contributed by atoms with Gasteiger partial charge in [-0.1, -0.05) is 23.7 Å². The number of carbonyl (C=O) groups excluding carboxylic acids is 2. The number of fused-ring (bicyclic) bond motifs is 2. The van der Waals surface area contributed by atoms with E-state index in [4.69, 9.17) is 16.3 Å². The van der Waals surface area contributed by atoms with Gasteiger partial charge in [-0.15, -0.1) is 0 Å². The quantitative estimate of drug-likeness (QED) is 0.548. The van der Waals surface area contributed by atoms with Crippen molar-refractivity contribution in [1.82, 2.24) is 14.8 Å². The lowest BCUT2D eigenvalue weighted by molar-refractivity contribution is 0.0547. The van der Waals surface area contributed by atoms with Crippen molar-refractivity contribution in [3.8, 4) is 11.3 Å². The van der Waals surface area contributed by atoms with Gasteiger partial charge in [-0.2, -0.15) is 0 Å². The lowest BCUT2D eigenvalue weighted by atomic mass is 10.00. The van der Waals surface area contributed by atoms with Gasteiger partial charge >= 0.3 is 6.09 Å². The third kappa shape index (κ3) is 4.13. The van der Waals surface area contributed by atoms with Gasteiger partial charge in [-0.25, -0.2) is 9.36 Å². The molecule has 172 valence electrons. The van der Waals surface area contributed by atoms with Crippen molar-refractivity contribution in [2.75, 3.05) is 13.1 Å². The number of nitrogens with one attached hydrogen (secondary N) is 1. The standard InChI is InChI=1S/C26H28ClN3O3/c1-26(2,3)33-25(32)30-21-9-6-16(15-29-10-4-5-11-29)12-17(21)13-22(30)18-7-8-20(27)19-14-28-24(31)23(18)19/h6-9,12-13H,4-5,10-11,14-15H2,1-3H3,(H,28,31). The van der Waals surface area contributed by atoms with Gasteiger partial charge in [0.05, 0.1) is 16.8 Å². The molecular weight excluding hydrogens is 438 g/mol. The van der Waals surface area contributed by atoms with Crippen LogP contribution in [0.5, 0.6) is 0 Å². The first-order valence-corrected chi connectivity index (χ1v) is 11.8. The van der Waals surface area contributed by atoms with Crippen LogP contribution in [0, 0.1) is 0 Å². The molecule has 2 aromatic carbocycles. The minimum atomic E-state index is -0.653. The lowest BCUT2D eigenvalue weighted by Crippen LogP contribution is -2.27. The molecule has 1 fully saturated rings. The van der Waals surface area contributed by atoms with Crippen LogP contribution in [-0.2, 0) is 17.8 Å². The number of rotatable bonds is 3. The Hall–Kier alpha value is -2.83. The van der Waals surface area contributed by atoms with Crippen LogP contribution >= 0.6 is 11.6 Å². The fourth-order valence-corrected chi connectivity index (χ4v) is 5.01. The number of hydrogen-bond donors (Lipinski definition) is 1. The molecule has 2 aliphatic rings. The summed E-state index contributed by atoms with van der Waals surface area (Å²) in [6, 6.07) is 11.8. The first-order valence-electron chi connectivity index (χ1n) is 11.4. The highest BCUT2D eigenvalue weighted by Crippen LogP contribution is 2.37. The molecule has 1 amide bonds. The van der Waals surface area contributed by atoms with Gasteiger partial charge in [0.25, 0.3) is 5.91 Å². The summed E-state index contributed by atoms with van der Waals surface area (Å²) < 4.78 is 7.33. The minimum absolute atomic E-state index is 0.182. The molecule has 1 N–H and O–H groups in total. The van der Waals surface area contributed by atoms with Crippen molar-refractivity contribution >= 4 is 34.5 Å². The highest BCUT2D eigenvalue weighted by Gasteiger charge is 2.30. The van der Waals surface area contributed by atoms with E-state index in [1.54, 1.807) is 10.6 Å². The molecule has 3 heterocycles. The molecule has 0 unspecified atom stereocenters. The van der Waals surface area contributed by atoms with Crippen LogP contribution < -0.4 is 5.32 Å². The average molecular weight is 466 g/mol. The maximum absolute atomic E-state index is 13.3. The summed E-state index contributed by atoms with van der Waals surface area (Å²) in [6.07, 6.45) is 2.01. The summed E-state index contributed by atoms with van der Waals surface area (Å²) >= 11 is 6.37. The van der Waals surface area contributed by atoms with Crippen LogP contribution in [0.4, 0.5) is 4.79 Å². The first kappa shape index (κ1) is 22.0. The molecule has 0 aliphatic carbocycles. The highest BCUT2D eigenvalue weighted by atomic mass is 35.5. The number of aromatic nitrogens is 1. The van der Waals surface area contributed by atoms with E-state index >= 15 is 0 Å². The second-order valence-electron chi connectivity index (χ2n) is 9.85. The Labute approximate surface area is 198 Å². The molecule has 6 nitrogen and oxygen atoms in total. The maximum Gasteiger partial charge on any atom is 0.419 e. The molecule has 7 heteroatoms. The molecular formula is C26H28ClN3O3. The van der Waals surface area contributed by atoms with Gasteiger partial charge in [0.2, 0.25) is 0 Å². The van der Waals surface area contributed by atoms with Gasteiger partial charge < -0.3 is 10.1 Å². The monoisotopic (exact) mass is 465 g/mol. The zero-order valence-corrected chi connectivity index (χ0v) is 20.0. The van der Waals surface area contributed by atoms with E-state index in [2.05, 4.69) is 22.3 Å². The summed E-state index contributed by atoms with van der Waals surface area (Å²) in [6.45, 7) is 9.05. The van der Waals surface area contributed by atoms with Crippen molar-refractivity contribution in [2.24, 2.45) is 0 Å². The topological polar surface area (TPSA) is 63.6 Å². The molecule has 0 saturated carbocycles. The molecule has 0 atom stereocenters. The zero-order valence-electron chi connectivity index (χ0n) is 19.2. The predicted octanol–water partition coefficient (Wildman–Crippen LogP) is 5.58. The van der Waals surface area contributed by atoms with Crippen LogP contribution in [0.2, 0.25) is 5.02 Å². The van der Waals surface area contributed by atoms with E-state index in [1.807, 2.05) is 39.0 Å². The number of halogens is 1. The smallest absolute Gasteiger partial charge is 0.419 e. The van der Waals surface area contributed by atoms with Crippen LogP contribution in [0.15, 0.2) is 36.4 Å². The van der Waals surface area contributed by atoms with Crippen LogP contribution in [0.3, 0.4) is 0 Å².